The number of hydrogen-bond acceptors (Lipinski definition) is 6. The largest absolute Gasteiger partial charge is 2.00 e. The maximum Gasteiger partial charge on any atom is 2.00 e. The first-order chi connectivity index (χ1) is 3.46. The maximum absolute atomic E-state index is 8.52. The van der Waals surface area contributed by atoms with E-state index in [-0.39, 0.29) is 148 Å². The summed E-state index contributed by atoms with van der Waals surface area (Å²) in [5, 5.41) is 0. The van der Waals surface area contributed by atoms with Gasteiger partial charge in [-0.15, -0.1) is 0 Å². The molecule has 0 aromatic carbocycles. The van der Waals surface area contributed by atoms with E-state index in [0.29, 0.717) is 0 Å². The second kappa shape index (κ2) is 29.3. The van der Waals surface area contributed by atoms with Crippen molar-refractivity contribution < 1.29 is 39.5 Å². The van der Waals surface area contributed by atoms with Crippen LogP contribution in [0.4, 0.5) is 0 Å². The average molecular weight is 305 g/mol. The summed E-state index contributed by atoms with van der Waals surface area (Å²) >= 11 is 0. The van der Waals surface area contributed by atoms with Crippen molar-refractivity contribution in [2.75, 3.05) is 0 Å². The minimum atomic E-state index is -3.63. The topological polar surface area (TPSA) is 126 Å². The number of rotatable bonds is 0. The van der Waals surface area contributed by atoms with Gasteiger partial charge in [-0.2, -0.15) is 0 Å². The van der Waals surface area contributed by atoms with Crippen LogP contribution in [-0.4, -0.2) is 155 Å². The molecule has 12 heavy (non-hydrogen) atoms. The van der Waals surface area contributed by atoms with Gasteiger partial charge in [-0.25, -0.2) is 0 Å². The van der Waals surface area contributed by atoms with Crippen molar-refractivity contribution in [3.8, 4) is 0 Å². The van der Waals surface area contributed by atoms with Crippen LogP contribution in [0.3, 0.4) is 0 Å². The zero-order chi connectivity index (χ0) is 7.15. The molecule has 0 spiro atoms. The van der Waals surface area contributed by atoms with Gasteiger partial charge in [-0.3, -0.25) is 0 Å². The molecule has 0 aromatic heterocycles. The number of hydrogen-bond donors (Lipinski definition) is 0. The summed E-state index contributed by atoms with van der Waals surface area (Å²) in [5.41, 5.74) is 0. The fourth-order valence-electron chi connectivity index (χ4n) is 0. The van der Waals surface area contributed by atoms with Gasteiger partial charge < -0.3 is 39.5 Å². The van der Waals surface area contributed by atoms with Gasteiger partial charge in [0.1, 0.15) is 0 Å². The Bertz CT molecular complexity index is 98.2. The molecule has 0 heterocycles. The molecule has 0 amide bonds. The van der Waals surface area contributed by atoms with E-state index in [4.69, 9.17) is 28.1 Å². The molecule has 0 unspecified atom stereocenters. The van der Waals surface area contributed by atoms with Gasteiger partial charge in [0.25, 0.3) is 0 Å². The summed E-state index contributed by atoms with van der Waals surface area (Å²) in [6.07, 6.45) is 0. The Hall–Kier alpha value is 3.78. The predicted octanol–water partition coefficient (Wildman–Crippen LogP) is -6.38. The van der Waals surface area contributed by atoms with Crippen molar-refractivity contribution in [1.82, 2.24) is 0 Å². The van der Waals surface area contributed by atoms with Crippen LogP contribution < -0.4 is 19.2 Å². The van der Waals surface area contributed by atoms with Gasteiger partial charge in [0.2, 0.25) is 0 Å². The minimum absolute atomic E-state index is 0. The summed E-state index contributed by atoms with van der Waals surface area (Å²) in [6, 6.07) is 0. The molecule has 64 valence electrons. The van der Waals surface area contributed by atoms with Gasteiger partial charge in [-0.05, 0) is 0 Å². The molecule has 0 saturated carbocycles. The Morgan fingerprint density at radius 3 is 0.750 bits per heavy atom. The van der Waals surface area contributed by atoms with Crippen LogP contribution in [0.1, 0.15) is 11.4 Å². The van der Waals surface area contributed by atoms with Crippen molar-refractivity contribution in [3.63, 3.8) is 0 Å². The van der Waals surface area contributed by atoms with Crippen LogP contribution in [0.2, 0.25) is 0 Å². The first-order valence-corrected chi connectivity index (χ1v) is 3.67. The van der Waals surface area contributed by atoms with Gasteiger partial charge in [0.15, 0.2) is 0 Å². The summed E-state index contributed by atoms with van der Waals surface area (Å²) < 4.78 is 17.0. The van der Waals surface area contributed by atoms with Gasteiger partial charge >= 0.3 is 136 Å². The van der Waals surface area contributed by atoms with Gasteiger partial charge in [0.05, 0.1) is 0 Å². The molecule has 0 fully saturated rings. The first-order valence-electron chi connectivity index (χ1n) is 1.22. The molecule has 0 rings (SSSR count). The third-order valence-electron chi connectivity index (χ3n) is 0. The van der Waals surface area contributed by atoms with Crippen molar-refractivity contribution in [3.05, 3.63) is 0 Å². The molecule has 0 aliphatic heterocycles. The van der Waals surface area contributed by atoms with Crippen molar-refractivity contribution in [2.24, 2.45) is 0 Å². The SMILES string of the molecule is O=[Si]([O-])[O-].O=[Si]([O-])[O-].[Ca+2].[Ca+2].[Ca+2].[H-].[H-].[H-].[H-].[H-].[H-].[H-].[H-].[Mg+2]. The van der Waals surface area contributed by atoms with E-state index in [1.165, 1.54) is 0 Å². The molecule has 0 atom stereocenters. The molecule has 0 aliphatic rings. The van der Waals surface area contributed by atoms with Crippen molar-refractivity contribution >= 4 is 155 Å². The predicted molar refractivity (Wildman–Crippen MR) is 44.8 cm³/mol. The first kappa shape index (κ1) is 36.0. The molecular formula is H8Ca3MgO6Si2-4. The minimum Gasteiger partial charge on any atom is -1.00 e. The molecular weight excluding hydrogens is 297 g/mol. The van der Waals surface area contributed by atoms with Gasteiger partial charge in [0, 0.05) is 18.3 Å². The molecule has 0 aromatic rings. The van der Waals surface area contributed by atoms with E-state index >= 15 is 0 Å². The molecule has 0 radical (unpaired) electrons. The average Bonchev–Trinajstić information content (AvgIpc) is 1.25. The van der Waals surface area contributed by atoms with E-state index in [9.17, 15) is 0 Å². The fraction of sp³-hybridized carbons (Fsp3) is 0. The van der Waals surface area contributed by atoms with Crippen molar-refractivity contribution in [1.29, 1.82) is 0 Å². The summed E-state index contributed by atoms with van der Waals surface area (Å²) in [4.78, 5) is 34.1. The Balaban J connectivity index is -0.00000000187. The Morgan fingerprint density at radius 1 is 0.750 bits per heavy atom. The Labute approximate surface area is 190 Å². The summed E-state index contributed by atoms with van der Waals surface area (Å²) in [7, 11) is -7.26. The third kappa shape index (κ3) is 158. The van der Waals surface area contributed by atoms with E-state index in [0.717, 1.165) is 0 Å². The Kier molecular flexibility index (Phi) is 88.1. The second-order valence-corrected chi connectivity index (χ2v) is 1.50. The molecule has 0 N–H and O–H groups in total. The quantitative estimate of drug-likeness (QED) is 0.410. The van der Waals surface area contributed by atoms with Gasteiger partial charge in [-0.1, -0.05) is 0 Å². The van der Waals surface area contributed by atoms with Crippen LogP contribution in [0.15, 0.2) is 0 Å². The molecule has 0 aliphatic carbocycles. The second-order valence-electron chi connectivity index (χ2n) is 0.500. The zero-order valence-electron chi connectivity index (χ0n) is 14.3. The fourth-order valence-corrected chi connectivity index (χ4v) is 0. The Morgan fingerprint density at radius 2 is 0.750 bits per heavy atom. The smallest absolute Gasteiger partial charge is 1.00 e. The van der Waals surface area contributed by atoms with E-state index in [1.54, 1.807) is 0 Å². The normalized spacial score (nSPS) is 4.00. The van der Waals surface area contributed by atoms with Crippen LogP contribution in [0.5, 0.6) is 0 Å². The van der Waals surface area contributed by atoms with Crippen molar-refractivity contribution in [2.45, 2.75) is 0 Å². The summed E-state index contributed by atoms with van der Waals surface area (Å²) in [6.45, 7) is 0. The van der Waals surface area contributed by atoms with E-state index < -0.39 is 18.3 Å². The van der Waals surface area contributed by atoms with Crippen LogP contribution >= 0.6 is 0 Å². The third-order valence-corrected chi connectivity index (χ3v) is 0. The van der Waals surface area contributed by atoms with E-state index in [2.05, 4.69) is 0 Å². The van der Waals surface area contributed by atoms with Crippen LogP contribution in [-0.2, 0) is 8.92 Å². The molecule has 0 bridgehead atoms. The summed E-state index contributed by atoms with van der Waals surface area (Å²) in [5.74, 6) is 0. The van der Waals surface area contributed by atoms with E-state index in [1.807, 2.05) is 0 Å². The van der Waals surface area contributed by atoms with Crippen LogP contribution in [0.25, 0.3) is 0 Å². The standard InChI is InChI=1S/3Ca.Mg.2O3Si.8H/c;;;;2*1-4(2)3;;;;;;;;/q4*+2;2*-2;8*-1. The molecule has 12 heteroatoms. The van der Waals surface area contributed by atoms with Crippen LogP contribution in [0, 0.1) is 0 Å². The molecule has 0 saturated heterocycles. The maximum atomic E-state index is 8.52. The monoisotopic (exact) mass is 304 g/mol. The zero-order valence-corrected chi connectivity index (χ0v) is 16.3. The molecule has 6 nitrogen and oxygen atoms in total.